The second kappa shape index (κ2) is 8.17. The maximum atomic E-state index is 12.5. The fraction of sp³-hybridized carbons (Fsp3) is 0.286. The van der Waals surface area contributed by atoms with Gasteiger partial charge in [-0.1, -0.05) is 12.1 Å². The molecule has 0 bridgehead atoms. The number of benzene rings is 2. The number of rotatable bonds is 4. The Morgan fingerprint density at radius 3 is 2.45 bits per heavy atom. The van der Waals surface area contributed by atoms with Gasteiger partial charge in [-0.05, 0) is 12.1 Å². The summed E-state index contributed by atoms with van der Waals surface area (Å²) < 4.78 is 16.7. The molecule has 10 heteroatoms. The van der Waals surface area contributed by atoms with Crippen LogP contribution in [0.1, 0.15) is 0 Å². The van der Waals surface area contributed by atoms with Crippen LogP contribution in [-0.2, 0) is 4.74 Å². The second-order valence-electron chi connectivity index (χ2n) is 7.12. The molecule has 0 saturated carbocycles. The first-order valence-corrected chi connectivity index (χ1v) is 9.36. The molecule has 31 heavy (non-hydrogen) atoms. The number of aliphatic hydroxyl groups is 4. The van der Waals surface area contributed by atoms with E-state index in [9.17, 15) is 35.4 Å². The fourth-order valence-corrected chi connectivity index (χ4v) is 3.45. The lowest BCUT2D eigenvalue weighted by Crippen LogP contribution is -2.60. The molecule has 0 spiro atoms. The zero-order valence-corrected chi connectivity index (χ0v) is 16.0. The van der Waals surface area contributed by atoms with Gasteiger partial charge in [0.1, 0.15) is 58.4 Å². The van der Waals surface area contributed by atoms with Crippen LogP contribution in [0.2, 0.25) is 0 Å². The summed E-state index contributed by atoms with van der Waals surface area (Å²) in [5, 5.41) is 59.0. The SMILES string of the molecule is O=c1cc(-c2ccccc2O[C@H]2O[C@H](CO)[C@@H](O)[C@@H](O)[C@H]2O)oc2cc(O)cc(O)c12. The fourth-order valence-electron chi connectivity index (χ4n) is 3.45. The van der Waals surface area contributed by atoms with E-state index in [0.29, 0.717) is 0 Å². The van der Waals surface area contributed by atoms with Gasteiger partial charge in [0.05, 0.1) is 12.2 Å². The van der Waals surface area contributed by atoms with E-state index in [-0.39, 0.29) is 33.8 Å². The Bertz CT molecular complexity index is 1150. The summed E-state index contributed by atoms with van der Waals surface area (Å²) in [6, 6.07) is 9.65. The van der Waals surface area contributed by atoms with Crippen LogP contribution >= 0.6 is 0 Å². The minimum absolute atomic E-state index is 0.0442. The summed E-state index contributed by atoms with van der Waals surface area (Å²) in [6.45, 7) is -0.612. The summed E-state index contributed by atoms with van der Waals surface area (Å²) in [4.78, 5) is 12.5. The third-order valence-electron chi connectivity index (χ3n) is 5.04. The number of phenolic OH excluding ortho intramolecular Hbond substituents is 2. The quantitative estimate of drug-likeness (QED) is 0.331. The van der Waals surface area contributed by atoms with Crippen LogP contribution < -0.4 is 10.2 Å². The highest BCUT2D eigenvalue weighted by Crippen LogP contribution is 2.35. The Kier molecular flexibility index (Phi) is 5.56. The summed E-state index contributed by atoms with van der Waals surface area (Å²) in [5.74, 6) is -0.571. The number of phenols is 2. The van der Waals surface area contributed by atoms with Gasteiger partial charge in [-0.15, -0.1) is 0 Å². The van der Waals surface area contributed by atoms with Crippen molar-refractivity contribution in [3.8, 4) is 28.6 Å². The lowest BCUT2D eigenvalue weighted by Gasteiger charge is -2.39. The van der Waals surface area contributed by atoms with Crippen molar-refractivity contribution in [1.29, 1.82) is 0 Å². The van der Waals surface area contributed by atoms with Crippen LogP contribution in [0.15, 0.2) is 51.7 Å². The van der Waals surface area contributed by atoms with E-state index in [1.165, 1.54) is 12.1 Å². The highest BCUT2D eigenvalue weighted by molar-refractivity contribution is 5.86. The maximum absolute atomic E-state index is 12.5. The summed E-state index contributed by atoms with van der Waals surface area (Å²) in [5.41, 5.74) is -0.333. The van der Waals surface area contributed by atoms with Gasteiger partial charge in [-0.25, -0.2) is 0 Å². The lowest BCUT2D eigenvalue weighted by atomic mass is 9.99. The van der Waals surface area contributed by atoms with Gasteiger partial charge in [-0.2, -0.15) is 0 Å². The van der Waals surface area contributed by atoms with Crippen molar-refractivity contribution in [1.82, 2.24) is 0 Å². The van der Waals surface area contributed by atoms with E-state index in [4.69, 9.17) is 13.9 Å². The molecule has 1 saturated heterocycles. The number of ether oxygens (including phenoxy) is 2. The number of para-hydroxylation sites is 1. The zero-order chi connectivity index (χ0) is 22.3. The Balaban J connectivity index is 1.74. The van der Waals surface area contributed by atoms with Crippen molar-refractivity contribution >= 4 is 11.0 Å². The molecule has 1 aromatic heterocycles. The molecule has 164 valence electrons. The van der Waals surface area contributed by atoms with Crippen LogP contribution in [0, 0.1) is 0 Å². The van der Waals surface area contributed by atoms with Crippen molar-refractivity contribution in [2.24, 2.45) is 0 Å². The van der Waals surface area contributed by atoms with E-state index in [1.54, 1.807) is 18.2 Å². The van der Waals surface area contributed by atoms with Crippen molar-refractivity contribution in [2.45, 2.75) is 30.7 Å². The number of hydrogen-bond donors (Lipinski definition) is 6. The molecule has 1 fully saturated rings. The van der Waals surface area contributed by atoms with Crippen molar-refractivity contribution in [3.63, 3.8) is 0 Å². The number of hydrogen-bond acceptors (Lipinski definition) is 10. The predicted molar refractivity (Wildman–Crippen MR) is 106 cm³/mol. The standard InChI is InChI=1S/C21H20O10/c22-8-16-18(26)19(27)20(28)21(31-16)30-13-4-2-1-3-10(13)14-7-12(25)17-11(24)5-9(23)6-15(17)29-14/h1-7,16,18-24,26-28H,8H2/t16-,18-,19-,20-,21+/m1/s1. The van der Waals surface area contributed by atoms with E-state index >= 15 is 0 Å². The van der Waals surface area contributed by atoms with Crippen LogP contribution in [0.25, 0.3) is 22.3 Å². The molecule has 0 amide bonds. The Morgan fingerprint density at radius 2 is 1.71 bits per heavy atom. The molecular formula is C21H20O10. The average molecular weight is 432 g/mol. The van der Waals surface area contributed by atoms with E-state index in [0.717, 1.165) is 12.1 Å². The van der Waals surface area contributed by atoms with E-state index in [2.05, 4.69) is 0 Å². The molecule has 2 heterocycles. The van der Waals surface area contributed by atoms with Gasteiger partial charge < -0.3 is 44.5 Å². The topological polar surface area (TPSA) is 170 Å². The Morgan fingerprint density at radius 1 is 0.968 bits per heavy atom. The average Bonchev–Trinajstić information content (AvgIpc) is 2.73. The molecule has 3 aromatic rings. The zero-order valence-electron chi connectivity index (χ0n) is 16.0. The minimum atomic E-state index is -1.62. The third kappa shape index (κ3) is 3.82. The highest BCUT2D eigenvalue weighted by atomic mass is 16.7. The monoisotopic (exact) mass is 432 g/mol. The molecule has 6 N–H and O–H groups in total. The van der Waals surface area contributed by atoms with Gasteiger partial charge in [0.2, 0.25) is 6.29 Å². The van der Waals surface area contributed by atoms with Gasteiger partial charge in [0.25, 0.3) is 0 Å². The van der Waals surface area contributed by atoms with Crippen LogP contribution in [0.4, 0.5) is 0 Å². The number of aliphatic hydroxyl groups excluding tert-OH is 4. The molecule has 10 nitrogen and oxygen atoms in total. The number of aromatic hydroxyl groups is 2. The maximum Gasteiger partial charge on any atom is 0.229 e. The normalized spacial score (nSPS) is 26.1. The van der Waals surface area contributed by atoms with Gasteiger partial charge in [-0.3, -0.25) is 4.79 Å². The summed E-state index contributed by atoms with van der Waals surface area (Å²) in [6.07, 6.45) is -7.36. The van der Waals surface area contributed by atoms with Crippen LogP contribution in [-0.4, -0.2) is 68.0 Å². The molecule has 0 radical (unpaired) electrons. The van der Waals surface area contributed by atoms with Crippen LogP contribution in [0.5, 0.6) is 17.2 Å². The Labute approximate surface area is 174 Å². The lowest BCUT2D eigenvalue weighted by molar-refractivity contribution is -0.277. The van der Waals surface area contributed by atoms with Gasteiger partial charge in [0.15, 0.2) is 5.43 Å². The van der Waals surface area contributed by atoms with Gasteiger partial charge in [0, 0.05) is 18.2 Å². The van der Waals surface area contributed by atoms with Crippen molar-refractivity contribution < 1.29 is 44.5 Å². The molecule has 5 atom stereocenters. The first-order chi connectivity index (χ1) is 14.8. The second-order valence-corrected chi connectivity index (χ2v) is 7.12. The minimum Gasteiger partial charge on any atom is -0.508 e. The first kappa shape index (κ1) is 21.1. The highest BCUT2D eigenvalue weighted by Gasteiger charge is 2.44. The molecule has 0 unspecified atom stereocenters. The van der Waals surface area contributed by atoms with E-state index < -0.39 is 48.5 Å². The predicted octanol–water partition coefficient (Wildman–Crippen LogP) is 0.0499. The smallest absolute Gasteiger partial charge is 0.229 e. The third-order valence-corrected chi connectivity index (χ3v) is 5.04. The van der Waals surface area contributed by atoms with Gasteiger partial charge >= 0.3 is 0 Å². The molecular weight excluding hydrogens is 412 g/mol. The van der Waals surface area contributed by atoms with Crippen molar-refractivity contribution in [3.05, 3.63) is 52.7 Å². The molecule has 2 aromatic carbocycles. The largest absolute Gasteiger partial charge is 0.508 e. The summed E-state index contributed by atoms with van der Waals surface area (Å²) in [7, 11) is 0. The summed E-state index contributed by atoms with van der Waals surface area (Å²) >= 11 is 0. The molecule has 4 rings (SSSR count). The molecule has 1 aliphatic heterocycles. The van der Waals surface area contributed by atoms with Crippen LogP contribution in [0.3, 0.4) is 0 Å². The van der Waals surface area contributed by atoms with Crippen molar-refractivity contribution in [2.75, 3.05) is 6.61 Å². The van der Waals surface area contributed by atoms with E-state index in [1.807, 2.05) is 0 Å². The molecule has 1 aliphatic rings. The Hall–Kier alpha value is -3.15. The number of fused-ring (bicyclic) bond motifs is 1. The first-order valence-electron chi connectivity index (χ1n) is 9.36. The molecule has 0 aliphatic carbocycles.